The molecule has 2 rings (SSSR count). The van der Waals surface area contributed by atoms with E-state index in [0.29, 0.717) is 17.5 Å². The lowest BCUT2D eigenvalue weighted by molar-refractivity contribution is 0.275. The van der Waals surface area contributed by atoms with Gasteiger partial charge in [-0.2, -0.15) is 0 Å². The lowest BCUT2D eigenvalue weighted by Crippen LogP contribution is -2.08. The first-order valence-corrected chi connectivity index (χ1v) is 5.64. The molecule has 0 spiro atoms. The highest BCUT2D eigenvalue weighted by molar-refractivity contribution is 6.31. The molecule has 0 aromatic carbocycles. The second kappa shape index (κ2) is 4.39. The van der Waals surface area contributed by atoms with Crippen LogP contribution in [-0.2, 0) is 6.54 Å². The van der Waals surface area contributed by atoms with E-state index >= 15 is 0 Å². The lowest BCUT2D eigenvalue weighted by atomic mass is 10.2. The Balaban J connectivity index is 2.65. The molecule has 0 aliphatic carbocycles. The third-order valence-electron chi connectivity index (χ3n) is 2.42. The van der Waals surface area contributed by atoms with Crippen LogP contribution in [0.5, 0.6) is 0 Å². The molecule has 0 fully saturated rings. The number of rotatable bonds is 3. The van der Waals surface area contributed by atoms with Crippen molar-refractivity contribution >= 4 is 22.8 Å². The zero-order valence-electron chi connectivity index (χ0n) is 9.31. The molecule has 0 bridgehead atoms. The number of aliphatic hydroxyl groups is 1. The minimum atomic E-state index is 0.0789. The molecule has 5 heteroatoms. The summed E-state index contributed by atoms with van der Waals surface area (Å²) in [5.41, 5.74) is 1.56. The summed E-state index contributed by atoms with van der Waals surface area (Å²) < 4.78 is 1.94. The number of imidazole rings is 1. The Kier molecular flexibility index (Phi) is 3.12. The van der Waals surface area contributed by atoms with Gasteiger partial charge in [0.2, 0.25) is 0 Å². The van der Waals surface area contributed by atoms with Crippen LogP contribution in [0.1, 0.15) is 25.6 Å². The fourth-order valence-corrected chi connectivity index (χ4v) is 1.92. The van der Waals surface area contributed by atoms with Crippen LogP contribution in [0, 0.1) is 0 Å². The van der Waals surface area contributed by atoms with E-state index in [-0.39, 0.29) is 6.61 Å². The molecule has 4 nitrogen and oxygen atoms in total. The van der Waals surface area contributed by atoms with Gasteiger partial charge in [-0.05, 0) is 6.07 Å². The van der Waals surface area contributed by atoms with Crippen molar-refractivity contribution in [2.45, 2.75) is 26.3 Å². The van der Waals surface area contributed by atoms with Gasteiger partial charge in [0.05, 0.1) is 11.6 Å². The topological polar surface area (TPSA) is 50.9 Å². The highest BCUT2D eigenvalue weighted by Crippen LogP contribution is 2.22. The molecule has 0 aliphatic rings. The Bertz CT molecular complexity index is 507. The maximum Gasteiger partial charge on any atom is 0.160 e. The monoisotopic (exact) mass is 239 g/mol. The van der Waals surface area contributed by atoms with E-state index in [1.807, 2.05) is 4.57 Å². The first-order valence-electron chi connectivity index (χ1n) is 5.26. The van der Waals surface area contributed by atoms with Crippen molar-refractivity contribution in [1.29, 1.82) is 0 Å². The van der Waals surface area contributed by atoms with Crippen molar-refractivity contribution in [3.63, 3.8) is 0 Å². The van der Waals surface area contributed by atoms with Crippen LogP contribution < -0.4 is 0 Å². The number of aromatic nitrogens is 3. The molecule has 16 heavy (non-hydrogen) atoms. The predicted molar refractivity (Wildman–Crippen MR) is 63.7 cm³/mol. The average Bonchev–Trinajstić information content (AvgIpc) is 2.57. The Morgan fingerprint density at radius 3 is 2.88 bits per heavy atom. The largest absolute Gasteiger partial charge is 0.395 e. The summed E-state index contributed by atoms with van der Waals surface area (Å²) >= 11 is 5.88. The lowest BCUT2D eigenvalue weighted by Gasteiger charge is -2.08. The SMILES string of the molecule is CC(C)c1nc2cc(Cl)cnc2n1CCO. The molecule has 0 radical (unpaired) electrons. The molecular formula is C11H14ClN3O. The third-order valence-corrected chi connectivity index (χ3v) is 2.63. The van der Waals surface area contributed by atoms with Crippen LogP contribution in [0.15, 0.2) is 12.3 Å². The molecule has 2 aromatic rings. The summed E-state index contributed by atoms with van der Waals surface area (Å²) in [5.74, 6) is 1.22. The highest BCUT2D eigenvalue weighted by Gasteiger charge is 2.14. The van der Waals surface area contributed by atoms with Crippen molar-refractivity contribution < 1.29 is 5.11 Å². The first-order chi connectivity index (χ1) is 7.63. The van der Waals surface area contributed by atoms with E-state index in [1.54, 1.807) is 12.3 Å². The number of halogens is 1. The molecule has 86 valence electrons. The summed E-state index contributed by atoms with van der Waals surface area (Å²) in [4.78, 5) is 8.76. The van der Waals surface area contributed by atoms with E-state index in [1.165, 1.54) is 0 Å². The Labute approximate surface area is 98.9 Å². The van der Waals surface area contributed by atoms with Crippen molar-refractivity contribution in [3.05, 3.63) is 23.1 Å². The van der Waals surface area contributed by atoms with Gasteiger partial charge in [-0.3, -0.25) is 0 Å². The first kappa shape index (κ1) is 11.4. The maximum atomic E-state index is 9.06. The number of hydrogen-bond donors (Lipinski definition) is 1. The highest BCUT2D eigenvalue weighted by atomic mass is 35.5. The smallest absolute Gasteiger partial charge is 0.160 e. The fraction of sp³-hybridized carbons (Fsp3) is 0.455. The molecule has 2 aromatic heterocycles. The van der Waals surface area contributed by atoms with Gasteiger partial charge in [-0.1, -0.05) is 25.4 Å². The molecule has 0 saturated heterocycles. The van der Waals surface area contributed by atoms with Gasteiger partial charge >= 0.3 is 0 Å². The quantitative estimate of drug-likeness (QED) is 0.894. The molecule has 0 aliphatic heterocycles. The van der Waals surface area contributed by atoms with E-state index in [9.17, 15) is 0 Å². The molecule has 2 heterocycles. The van der Waals surface area contributed by atoms with Crippen molar-refractivity contribution in [2.24, 2.45) is 0 Å². The van der Waals surface area contributed by atoms with E-state index in [2.05, 4.69) is 23.8 Å². The standard InChI is InChI=1S/C11H14ClN3O/c1-7(2)10-14-9-5-8(12)6-13-11(9)15(10)3-4-16/h5-7,16H,3-4H2,1-2H3. The minimum absolute atomic E-state index is 0.0789. The zero-order valence-corrected chi connectivity index (χ0v) is 10.1. The average molecular weight is 240 g/mol. The molecule has 0 saturated carbocycles. The van der Waals surface area contributed by atoms with Crippen LogP contribution in [0.2, 0.25) is 5.02 Å². The Morgan fingerprint density at radius 2 is 2.25 bits per heavy atom. The van der Waals surface area contributed by atoms with Crippen molar-refractivity contribution in [1.82, 2.24) is 14.5 Å². The summed E-state index contributed by atoms with van der Waals surface area (Å²) in [6.45, 7) is 4.72. The molecular weight excluding hydrogens is 226 g/mol. The van der Waals surface area contributed by atoms with Crippen LogP contribution in [-0.4, -0.2) is 26.2 Å². The van der Waals surface area contributed by atoms with Crippen molar-refractivity contribution in [2.75, 3.05) is 6.61 Å². The summed E-state index contributed by atoms with van der Waals surface area (Å²) in [6, 6.07) is 1.80. The van der Waals surface area contributed by atoms with E-state index in [0.717, 1.165) is 17.0 Å². The molecule has 0 amide bonds. The van der Waals surface area contributed by atoms with Gasteiger partial charge in [0.1, 0.15) is 11.3 Å². The van der Waals surface area contributed by atoms with E-state index < -0.39 is 0 Å². The van der Waals surface area contributed by atoms with Gasteiger partial charge in [-0.25, -0.2) is 9.97 Å². The van der Waals surface area contributed by atoms with Crippen LogP contribution in [0.3, 0.4) is 0 Å². The molecule has 0 unspecified atom stereocenters. The predicted octanol–water partition coefficient (Wildman–Crippen LogP) is 2.20. The normalized spacial score (nSPS) is 11.6. The van der Waals surface area contributed by atoms with E-state index in [4.69, 9.17) is 16.7 Å². The van der Waals surface area contributed by atoms with Crippen molar-refractivity contribution in [3.8, 4) is 0 Å². The van der Waals surface area contributed by atoms with Gasteiger partial charge in [0.25, 0.3) is 0 Å². The Morgan fingerprint density at radius 1 is 1.50 bits per heavy atom. The van der Waals surface area contributed by atoms with Gasteiger partial charge in [0.15, 0.2) is 5.65 Å². The number of hydrogen-bond acceptors (Lipinski definition) is 3. The maximum absolute atomic E-state index is 9.06. The second-order valence-corrected chi connectivity index (χ2v) is 4.43. The minimum Gasteiger partial charge on any atom is -0.395 e. The van der Waals surface area contributed by atoms with Crippen LogP contribution >= 0.6 is 11.6 Å². The third kappa shape index (κ3) is 1.90. The fourth-order valence-electron chi connectivity index (χ4n) is 1.77. The Hall–Kier alpha value is -1.13. The molecule has 0 atom stereocenters. The van der Waals surface area contributed by atoms with Crippen LogP contribution in [0.25, 0.3) is 11.2 Å². The van der Waals surface area contributed by atoms with Crippen LogP contribution in [0.4, 0.5) is 0 Å². The molecule has 1 N–H and O–H groups in total. The summed E-state index contributed by atoms with van der Waals surface area (Å²) in [7, 11) is 0. The summed E-state index contributed by atoms with van der Waals surface area (Å²) in [6.07, 6.45) is 1.60. The zero-order chi connectivity index (χ0) is 11.7. The second-order valence-electron chi connectivity index (χ2n) is 4.00. The van der Waals surface area contributed by atoms with Gasteiger partial charge in [0, 0.05) is 18.7 Å². The number of nitrogens with zero attached hydrogens (tertiary/aromatic N) is 3. The number of aliphatic hydroxyl groups excluding tert-OH is 1. The summed E-state index contributed by atoms with van der Waals surface area (Å²) in [5, 5.41) is 9.64. The number of fused-ring (bicyclic) bond motifs is 1. The number of pyridine rings is 1. The van der Waals surface area contributed by atoms with Gasteiger partial charge < -0.3 is 9.67 Å². The van der Waals surface area contributed by atoms with Gasteiger partial charge in [-0.15, -0.1) is 0 Å².